The van der Waals surface area contributed by atoms with Gasteiger partial charge in [-0.3, -0.25) is 9.59 Å². The first-order valence-corrected chi connectivity index (χ1v) is 9.25. The third kappa shape index (κ3) is 4.15. The molecule has 2 aromatic carbocycles. The highest BCUT2D eigenvalue weighted by atomic mass is 16.5. The minimum absolute atomic E-state index is 0.0359. The van der Waals surface area contributed by atoms with Crippen molar-refractivity contribution >= 4 is 17.5 Å². The van der Waals surface area contributed by atoms with Gasteiger partial charge in [-0.2, -0.15) is 5.26 Å². The van der Waals surface area contributed by atoms with E-state index in [0.717, 1.165) is 17.0 Å². The van der Waals surface area contributed by atoms with Crippen molar-refractivity contribution in [2.24, 2.45) is 0 Å². The number of piperazine rings is 1. The van der Waals surface area contributed by atoms with Crippen LogP contribution in [0.3, 0.4) is 0 Å². The van der Waals surface area contributed by atoms with Crippen molar-refractivity contribution in [2.75, 3.05) is 25.1 Å². The molecular formula is C22H23N3O3. The molecule has 0 saturated carbocycles. The SMILES string of the molecule is COc1ccccc1CCC(=O)N1CC(=O)N(c2ccc(C#N)cc2)CC1C. The normalized spacial score (nSPS) is 16.6. The summed E-state index contributed by atoms with van der Waals surface area (Å²) in [7, 11) is 1.61. The summed E-state index contributed by atoms with van der Waals surface area (Å²) >= 11 is 0. The maximum absolute atomic E-state index is 12.7. The molecule has 0 bridgehead atoms. The fourth-order valence-electron chi connectivity index (χ4n) is 3.45. The number of ether oxygens (including phenoxy) is 1. The van der Waals surface area contributed by atoms with Crippen LogP contribution in [0.15, 0.2) is 48.5 Å². The minimum Gasteiger partial charge on any atom is -0.496 e. The van der Waals surface area contributed by atoms with Crippen LogP contribution in [0.4, 0.5) is 5.69 Å². The molecule has 1 atom stereocenters. The highest BCUT2D eigenvalue weighted by molar-refractivity contribution is 5.98. The van der Waals surface area contributed by atoms with E-state index in [1.165, 1.54) is 0 Å². The molecule has 0 spiro atoms. The number of carbonyl (C=O) groups is 2. The second-order valence-corrected chi connectivity index (χ2v) is 6.85. The van der Waals surface area contributed by atoms with Gasteiger partial charge in [0, 0.05) is 24.7 Å². The molecule has 0 radical (unpaired) electrons. The summed E-state index contributed by atoms with van der Waals surface area (Å²) < 4.78 is 5.34. The number of para-hydroxylation sites is 1. The Hall–Kier alpha value is -3.33. The van der Waals surface area contributed by atoms with Gasteiger partial charge in [-0.1, -0.05) is 18.2 Å². The number of rotatable bonds is 5. The molecule has 144 valence electrons. The second-order valence-electron chi connectivity index (χ2n) is 6.85. The maximum atomic E-state index is 12.7. The highest BCUT2D eigenvalue weighted by Crippen LogP contribution is 2.23. The van der Waals surface area contributed by atoms with E-state index in [-0.39, 0.29) is 24.4 Å². The van der Waals surface area contributed by atoms with Crippen molar-refractivity contribution in [1.82, 2.24) is 4.90 Å². The lowest BCUT2D eigenvalue weighted by Gasteiger charge is -2.39. The number of methoxy groups -OCH3 is 1. The molecule has 1 unspecified atom stereocenters. The van der Waals surface area contributed by atoms with Crippen molar-refractivity contribution < 1.29 is 14.3 Å². The first-order chi connectivity index (χ1) is 13.5. The number of benzene rings is 2. The Morgan fingerprint density at radius 2 is 1.93 bits per heavy atom. The van der Waals surface area contributed by atoms with Crippen molar-refractivity contribution in [3.05, 3.63) is 59.7 Å². The van der Waals surface area contributed by atoms with E-state index in [4.69, 9.17) is 10.00 Å². The lowest BCUT2D eigenvalue weighted by atomic mass is 10.1. The van der Waals surface area contributed by atoms with Gasteiger partial charge in [0.15, 0.2) is 0 Å². The fraction of sp³-hybridized carbons (Fsp3) is 0.318. The molecule has 1 aliphatic heterocycles. The number of amides is 2. The standard InChI is InChI=1S/C22H23N3O3/c1-16-14-25(19-10-7-17(13-23)8-11-19)22(27)15-24(16)21(26)12-9-18-5-3-4-6-20(18)28-2/h3-8,10-11,16H,9,12,14-15H2,1-2H3. The number of aryl methyl sites for hydroxylation is 1. The molecule has 28 heavy (non-hydrogen) atoms. The zero-order chi connectivity index (χ0) is 20.1. The molecule has 3 rings (SSSR count). The number of carbonyl (C=O) groups excluding carboxylic acids is 2. The summed E-state index contributed by atoms with van der Waals surface area (Å²) in [6.07, 6.45) is 0.897. The minimum atomic E-state index is -0.117. The smallest absolute Gasteiger partial charge is 0.246 e. The molecular weight excluding hydrogens is 354 g/mol. The molecule has 6 nitrogen and oxygen atoms in total. The van der Waals surface area contributed by atoms with Crippen molar-refractivity contribution in [2.45, 2.75) is 25.8 Å². The monoisotopic (exact) mass is 377 g/mol. The van der Waals surface area contributed by atoms with Crippen LogP contribution in [-0.4, -0.2) is 43.0 Å². The van der Waals surface area contributed by atoms with Gasteiger partial charge in [-0.05, 0) is 49.2 Å². The molecule has 2 amide bonds. The number of hydrogen-bond donors (Lipinski definition) is 0. The predicted octanol–water partition coefficient (Wildman–Crippen LogP) is 2.76. The molecule has 2 aromatic rings. The molecule has 0 aromatic heterocycles. The summed E-state index contributed by atoms with van der Waals surface area (Å²) in [5.74, 6) is 0.616. The van der Waals surface area contributed by atoms with E-state index in [0.29, 0.717) is 24.9 Å². The van der Waals surface area contributed by atoms with Crippen LogP contribution in [0, 0.1) is 11.3 Å². The Kier molecular flexibility index (Phi) is 5.95. The first kappa shape index (κ1) is 19.4. The molecule has 1 aliphatic rings. The largest absolute Gasteiger partial charge is 0.496 e. The zero-order valence-electron chi connectivity index (χ0n) is 16.1. The Balaban J connectivity index is 1.64. The zero-order valence-corrected chi connectivity index (χ0v) is 16.1. The van der Waals surface area contributed by atoms with E-state index in [2.05, 4.69) is 6.07 Å². The third-order valence-corrected chi connectivity index (χ3v) is 5.01. The van der Waals surface area contributed by atoms with Crippen LogP contribution >= 0.6 is 0 Å². The third-order valence-electron chi connectivity index (χ3n) is 5.01. The first-order valence-electron chi connectivity index (χ1n) is 9.25. The number of nitrogens with zero attached hydrogens (tertiary/aromatic N) is 3. The summed E-state index contributed by atoms with van der Waals surface area (Å²) in [6.45, 7) is 2.45. The van der Waals surface area contributed by atoms with Gasteiger partial charge >= 0.3 is 0 Å². The van der Waals surface area contributed by atoms with Crippen LogP contribution in [0.25, 0.3) is 0 Å². The van der Waals surface area contributed by atoms with Crippen molar-refractivity contribution in [1.29, 1.82) is 5.26 Å². The van der Waals surface area contributed by atoms with E-state index >= 15 is 0 Å². The average molecular weight is 377 g/mol. The molecule has 0 N–H and O–H groups in total. The van der Waals surface area contributed by atoms with Crippen LogP contribution in [0.2, 0.25) is 0 Å². The van der Waals surface area contributed by atoms with Gasteiger partial charge in [-0.15, -0.1) is 0 Å². The molecule has 1 fully saturated rings. The summed E-state index contributed by atoms with van der Waals surface area (Å²) in [5.41, 5.74) is 2.28. The molecule has 1 heterocycles. The Morgan fingerprint density at radius 1 is 1.21 bits per heavy atom. The lowest BCUT2D eigenvalue weighted by molar-refractivity contribution is -0.139. The summed E-state index contributed by atoms with van der Waals surface area (Å²) in [5, 5.41) is 8.91. The van der Waals surface area contributed by atoms with Crippen molar-refractivity contribution in [3.63, 3.8) is 0 Å². The molecule has 1 saturated heterocycles. The highest BCUT2D eigenvalue weighted by Gasteiger charge is 2.33. The average Bonchev–Trinajstić information content (AvgIpc) is 2.73. The van der Waals surface area contributed by atoms with Crippen LogP contribution in [-0.2, 0) is 16.0 Å². The quantitative estimate of drug-likeness (QED) is 0.803. The van der Waals surface area contributed by atoms with Gasteiger partial charge in [0.25, 0.3) is 0 Å². The molecule has 6 heteroatoms. The van der Waals surface area contributed by atoms with E-state index in [1.54, 1.807) is 41.2 Å². The van der Waals surface area contributed by atoms with E-state index in [1.807, 2.05) is 31.2 Å². The number of nitriles is 1. The Morgan fingerprint density at radius 3 is 2.61 bits per heavy atom. The van der Waals surface area contributed by atoms with Crippen molar-refractivity contribution in [3.8, 4) is 11.8 Å². The molecule has 0 aliphatic carbocycles. The van der Waals surface area contributed by atoms with E-state index < -0.39 is 0 Å². The second kappa shape index (κ2) is 8.57. The van der Waals surface area contributed by atoms with Gasteiger partial charge in [0.05, 0.1) is 18.7 Å². The maximum Gasteiger partial charge on any atom is 0.246 e. The van der Waals surface area contributed by atoms with Crippen LogP contribution in [0.5, 0.6) is 5.75 Å². The van der Waals surface area contributed by atoms with Crippen LogP contribution in [0.1, 0.15) is 24.5 Å². The van der Waals surface area contributed by atoms with Crippen LogP contribution < -0.4 is 9.64 Å². The number of anilines is 1. The lowest BCUT2D eigenvalue weighted by Crippen LogP contribution is -2.57. The summed E-state index contributed by atoms with van der Waals surface area (Å²) in [6, 6.07) is 16.5. The van der Waals surface area contributed by atoms with Gasteiger partial charge < -0.3 is 14.5 Å². The Bertz CT molecular complexity index is 902. The van der Waals surface area contributed by atoms with E-state index in [9.17, 15) is 9.59 Å². The van der Waals surface area contributed by atoms with Gasteiger partial charge in [0.2, 0.25) is 11.8 Å². The summed E-state index contributed by atoms with van der Waals surface area (Å²) in [4.78, 5) is 28.7. The fourth-order valence-corrected chi connectivity index (χ4v) is 3.45. The topological polar surface area (TPSA) is 73.6 Å². The predicted molar refractivity (Wildman–Crippen MR) is 106 cm³/mol. The van der Waals surface area contributed by atoms with Gasteiger partial charge in [-0.25, -0.2) is 0 Å². The van der Waals surface area contributed by atoms with Gasteiger partial charge in [0.1, 0.15) is 12.3 Å². The number of hydrogen-bond acceptors (Lipinski definition) is 4. The Labute approximate surface area is 164 Å².